The van der Waals surface area contributed by atoms with Crippen molar-refractivity contribution in [2.45, 2.75) is 6.10 Å². The van der Waals surface area contributed by atoms with Crippen LogP contribution in [0.2, 0.25) is 0 Å². The first-order valence-electron chi connectivity index (χ1n) is 4.44. The third-order valence-electron chi connectivity index (χ3n) is 2.16. The number of rotatable bonds is 2. The van der Waals surface area contributed by atoms with E-state index in [1.54, 1.807) is 6.07 Å². The Morgan fingerprint density at radius 2 is 2.07 bits per heavy atom. The highest BCUT2D eigenvalue weighted by Crippen LogP contribution is 2.17. The van der Waals surface area contributed by atoms with E-state index < -0.39 is 12.1 Å². The Balaban J connectivity index is 2.51. The molecule has 4 heteroatoms. The van der Waals surface area contributed by atoms with Crippen molar-refractivity contribution in [2.24, 2.45) is 0 Å². The van der Waals surface area contributed by atoms with Crippen LogP contribution in [-0.4, -0.2) is 21.2 Å². The van der Waals surface area contributed by atoms with Crippen LogP contribution in [0.1, 0.15) is 11.7 Å². The Kier molecular flexibility index (Phi) is 2.35. The molecule has 76 valence electrons. The van der Waals surface area contributed by atoms with Gasteiger partial charge in [0, 0.05) is 17.1 Å². The topological polar surface area (TPSA) is 70.4 Å². The van der Waals surface area contributed by atoms with Gasteiger partial charge in [0.15, 0.2) is 6.10 Å². The highest BCUT2D eigenvalue weighted by atomic mass is 16.4. The predicted octanol–water partition coefficient (Wildman–Crippen LogP) is 1.35. The zero-order valence-corrected chi connectivity index (χ0v) is 7.79. The fourth-order valence-corrected chi connectivity index (χ4v) is 1.38. The Labute approximate surface area is 85.8 Å². The number of aliphatic hydroxyl groups excluding tert-OH is 1. The fourth-order valence-electron chi connectivity index (χ4n) is 1.38. The monoisotopic (exact) mass is 203 g/mol. The smallest absolute Gasteiger partial charge is 0.337 e. The molecule has 15 heavy (non-hydrogen) atoms. The largest absolute Gasteiger partial charge is 0.479 e. The summed E-state index contributed by atoms with van der Waals surface area (Å²) in [6.45, 7) is 0. The van der Waals surface area contributed by atoms with Gasteiger partial charge in [-0.2, -0.15) is 0 Å². The molecular formula is C11H9NO3. The summed E-state index contributed by atoms with van der Waals surface area (Å²) in [4.78, 5) is 14.6. The number of carboxylic acids is 1. The molecule has 0 aliphatic carbocycles. The van der Waals surface area contributed by atoms with E-state index in [0.29, 0.717) is 5.56 Å². The Morgan fingerprint density at radius 1 is 1.33 bits per heavy atom. The summed E-state index contributed by atoms with van der Waals surface area (Å²) >= 11 is 0. The van der Waals surface area contributed by atoms with Crippen LogP contribution >= 0.6 is 0 Å². The Hall–Kier alpha value is -1.94. The molecule has 0 spiro atoms. The first kappa shape index (κ1) is 9.61. The number of fused-ring (bicyclic) bond motifs is 1. The van der Waals surface area contributed by atoms with Gasteiger partial charge in [-0.15, -0.1) is 0 Å². The van der Waals surface area contributed by atoms with Crippen molar-refractivity contribution in [3.05, 3.63) is 42.1 Å². The molecule has 1 atom stereocenters. The summed E-state index contributed by atoms with van der Waals surface area (Å²) in [5.74, 6) is -1.27. The predicted molar refractivity (Wildman–Crippen MR) is 54.3 cm³/mol. The van der Waals surface area contributed by atoms with Crippen LogP contribution in [0.25, 0.3) is 10.9 Å². The molecule has 0 aliphatic heterocycles. The van der Waals surface area contributed by atoms with Crippen LogP contribution < -0.4 is 0 Å². The maximum Gasteiger partial charge on any atom is 0.337 e. The third-order valence-corrected chi connectivity index (χ3v) is 2.16. The molecule has 1 aromatic carbocycles. The molecule has 0 unspecified atom stereocenters. The van der Waals surface area contributed by atoms with E-state index in [0.717, 1.165) is 10.9 Å². The van der Waals surface area contributed by atoms with E-state index in [2.05, 4.69) is 4.98 Å². The molecule has 2 N–H and O–H groups in total. The lowest BCUT2D eigenvalue weighted by Gasteiger charge is -2.05. The van der Waals surface area contributed by atoms with Crippen molar-refractivity contribution in [1.82, 2.24) is 4.98 Å². The molecule has 0 aliphatic rings. The number of hydrogen-bond acceptors (Lipinski definition) is 3. The van der Waals surface area contributed by atoms with Crippen LogP contribution in [0.5, 0.6) is 0 Å². The highest BCUT2D eigenvalue weighted by Gasteiger charge is 2.16. The van der Waals surface area contributed by atoms with Gasteiger partial charge in [-0.3, -0.25) is 4.98 Å². The average molecular weight is 203 g/mol. The number of para-hydroxylation sites is 1. The van der Waals surface area contributed by atoms with Gasteiger partial charge in [0.1, 0.15) is 0 Å². The number of hydrogen-bond donors (Lipinski definition) is 2. The molecule has 4 nitrogen and oxygen atoms in total. The number of nitrogens with zero attached hydrogens (tertiary/aromatic N) is 1. The lowest BCUT2D eigenvalue weighted by atomic mass is 10.1. The fraction of sp³-hybridized carbons (Fsp3) is 0.0909. The number of benzene rings is 1. The minimum Gasteiger partial charge on any atom is -0.479 e. The van der Waals surface area contributed by atoms with Gasteiger partial charge >= 0.3 is 5.97 Å². The van der Waals surface area contributed by atoms with E-state index in [4.69, 9.17) is 5.11 Å². The van der Waals surface area contributed by atoms with Crippen molar-refractivity contribution < 1.29 is 15.0 Å². The van der Waals surface area contributed by atoms with Gasteiger partial charge in [0.2, 0.25) is 0 Å². The van der Waals surface area contributed by atoms with Gasteiger partial charge in [0.05, 0.1) is 5.52 Å². The summed E-state index contributed by atoms with van der Waals surface area (Å²) in [7, 11) is 0. The Bertz CT molecular complexity index is 510. The standard InChI is InChI=1S/C11H9NO3/c13-10(11(14)15)8-5-7-3-1-2-4-9(7)12-6-8/h1-6,10,13H,(H,14,15)/t10-/m0/s1. The van der Waals surface area contributed by atoms with E-state index in [-0.39, 0.29) is 0 Å². The average Bonchev–Trinajstić information content (AvgIpc) is 2.27. The molecule has 0 saturated carbocycles. The zero-order chi connectivity index (χ0) is 10.8. The lowest BCUT2D eigenvalue weighted by molar-refractivity contribution is -0.146. The molecule has 0 radical (unpaired) electrons. The van der Waals surface area contributed by atoms with Gasteiger partial charge in [0.25, 0.3) is 0 Å². The minimum atomic E-state index is -1.51. The molecule has 0 bridgehead atoms. The molecular weight excluding hydrogens is 194 g/mol. The van der Waals surface area contributed by atoms with Crippen molar-refractivity contribution in [2.75, 3.05) is 0 Å². The van der Waals surface area contributed by atoms with Gasteiger partial charge in [-0.1, -0.05) is 18.2 Å². The second kappa shape index (κ2) is 3.67. The number of aromatic nitrogens is 1. The molecule has 0 fully saturated rings. The maximum absolute atomic E-state index is 10.6. The lowest BCUT2D eigenvalue weighted by Crippen LogP contribution is -2.10. The number of aliphatic carboxylic acids is 1. The van der Waals surface area contributed by atoms with Crippen molar-refractivity contribution in [3.63, 3.8) is 0 Å². The molecule has 0 amide bonds. The van der Waals surface area contributed by atoms with E-state index >= 15 is 0 Å². The minimum absolute atomic E-state index is 0.293. The van der Waals surface area contributed by atoms with Gasteiger partial charge in [-0.05, 0) is 12.1 Å². The highest BCUT2D eigenvalue weighted by molar-refractivity contribution is 5.81. The van der Waals surface area contributed by atoms with Crippen molar-refractivity contribution >= 4 is 16.9 Å². The van der Waals surface area contributed by atoms with Crippen LogP contribution in [0.3, 0.4) is 0 Å². The maximum atomic E-state index is 10.6. The first-order chi connectivity index (χ1) is 7.18. The first-order valence-corrected chi connectivity index (χ1v) is 4.44. The third kappa shape index (κ3) is 1.80. The van der Waals surface area contributed by atoms with Crippen LogP contribution in [-0.2, 0) is 4.79 Å². The van der Waals surface area contributed by atoms with Crippen LogP contribution in [0.15, 0.2) is 36.5 Å². The molecule has 2 rings (SSSR count). The molecule has 1 heterocycles. The number of carbonyl (C=O) groups is 1. The van der Waals surface area contributed by atoms with Crippen molar-refractivity contribution in [3.8, 4) is 0 Å². The van der Waals surface area contributed by atoms with Crippen LogP contribution in [0, 0.1) is 0 Å². The second-order valence-electron chi connectivity index (χ2n) is 3.20. The number of aliphatic hydroxyl groups is 1. The molecule has 2 aromatic rings. The van der Waals surface area contributed by atoms with Crippen molar-refractivity contribution in [1.29, 1.82) is 0 Å². The van der Waals surface area contributed by atoms with E-state index in [1.165, 1.54) is 6.20 Å². The number of pyridine rings is 1. The van der Waals surface area contributed by atoms with Gasteiger partial charge < -0.3 is 10.2 Å². The summed E-state index contributed by atoms with van der Waals surface area (Å²) < 4.78 is 0. The van der Waals surface area contributed by atoms with E-state index in [9.17, 15) is 9.90 Å². The normalized spacial score (nSPS) is 12.6. The summed E-state index contributed by atoms with van der Waals surface area (Å²) in [5.41, 5.74) is 1.07. The summed E-state index contributed by atoms with van der Waals surface area (Å²) in [6, 6.07) is 8.96. The molecule has 0 saturated heterocycles. The second-order valence-corrected chi connectivity index (χ2v) is 3.20. The SMILES string of the molecule is O=C(O)[C@@H](O)c1cnc2ccccc2c1. The van der Waals surface area contributed by atoms with Crippen LogP contribution in [0.4, 0.5) is 0 Å². The zero-order valence-electron chi connectivity index (χ0n) is 7.79. The quantitative estimate of drug-likeness (QED) is 0.772. The number of carboxylic acid groups (broad SMARTS) is 1. The summed E-state index contributed by atoms with van der Waals surface area (Å²) in [5, 5.41) is 18.8. The summed E-state index contributed by atoms with van der Waals surface area (Å²) in [6.07, 6.45) is -0.136. The Morgan fingerprint density at radius 3 is 2.80 bits per heavy atom. The van der Waals surface area contributed by atoms with E-state index in [1.807, 2.05) is 24.3 Å². The molecule has 1 aromatic heterocycles. The van der Waals surface area contributed by atoms with Gasteiger partial charge in [-0.25, -0.2) is 4.79 Å².